The molecule has 1 aliphatic heterocycles. The van der Waals surface area contributed by atoms with E-state index in [2.05, 4.69) is 0 Å². The van der Waals surface area contributed by atoms with Crippen LogP contribution in [-0.4, -0.2) is 6.18 Å². The lowest BCUT2D eigenvalue weighted by Crippen LogP contribution is -2.11. The van der Waals surface area contributed by atoms with E-state index < -0.39 is 11.1 Å². The van der Waals surface area contributed by atoms with Crippen LogP contribution in [0.1, 0.15) is 16.7 Å². The fourth-order valence-corrected chi connectivity index (χ4v) is 3.38. The molecule has 0 nitrogen and oxygen atoms in total. The summed E-state index contributed by atoms with van der Waals surface area (Å²) in [7, 11) is 0. The van der Waals surface area contributed by atoms with Crippen molar-refractivity contribution in [3.63, 3.8) is 0 Å². The molecular weight excluding hydrogens is 329 g/mol. The van der Waals surface area contributed by atoms with Crippen molar-refractivity contribution in [2.24, 2.45) is 0 Å². The molecule has 0 N–H and O–H groups in total. The number of alkyl halides is 3. The van der Waals surface area contributed by atoms with Gasteiger partial charge >= 0.3 is 6.18 Å². The highest BCUT2D eigenvalue weighted by Gasteiger charge is 2.37. The van der Waals surface area contributed by atoms with Gasteiger partial charge in [0.15, 0.2) is 0 Å². The van der Waals surface area contributed by atoms with Gasteiger partial charge in [-0.2, -0.15) is 13.2 Å². The van der Waals surface area contributed by atoms with Crippen molar-refractivity contribution in [3.05, 3.63) is 75.1 Å². The van der Waals surface area contributed by atoms with Crippen LogP contribution in [0.2, 0.25) is 5.02 Å². The standard InChI is InChI=1S/C17H10ClF3S/c18-13-6-7-14-12(9-13)10-16(17(19,20)21)22-15(14)8-11-4-2-1-3-5-11/h1-10H/b15-8-. The van der Waals surface area contributed by atoms with Crippen LogP contribution in [-0.2, 0) is 0 Å². The molecule has 5 heteroatoms. The zero-order chi connectivity index (χ0) is 15.7. The first-order chi connectivity index (χ1) is 10.4. The summed E-state index contributed by atoms with van der Waals surface area (Å²) < 4.78 is 39.3. The summed E-state index contributed by atoms with van der Waals surface area (Å²) in [6.45, 7) is 0. The number of rotatable bonds is 1. The van der Waals surface area contributed by atoms with E-state index in [0.29, 0.717) is 15.5 Å². The largest absolute Gasteiger partial charge is 0.422 e. The predicted octanol–water partition coefficient (Wildman–Crippen LogP) is 6.49. The highest BCUT2D eigenvalue weighted by atomic mass is 35.5. The zero-order valence-corrected chi connectivity index (χ0v) is 12.8. The van der Waals surface area contributed by atoms with Crippen molar-refractivity contribution in [1.82, 2.24) is 0 Å². The molecule has 0 aromatic heterocycles. The molecular formula is C17H10ClF3S. The number of halogens is 4. The smallest absolute Gasteiger partial charge is 0.166 e. The summed E-state index contributed by atoms with van der Waals surface area (Å²) in [6, 6.07) is 14.3. The lowest BCUT2D eigenvalue weighted by Gasteiger charge is -2.21. The van der Waals surface area contributed by atoms with Gasteiger partial charge in [-0.15, -0.1) is 0 Å². The molecule has 0 saturated heterocycles. The van der Waals surface area contributed by atoms with E-state index in [1.165, 1.54) is 0 Å². The highest BCUT2D eigenvalue weighted by molar-refractivity contribution is 8.12. The molecule has 2 aromatic rings. The average molecular weight is 339 g/mol. The Kier molecular flexibility index (Phi) is 4.06. The van der Waals surface area contributed by atoms with Gasteiger partial charge < -0.3 is 0 Å². The molecule has 0 bridgehead atoms. The molecule has 1 heterocycles. The topological polar surface area (TPSA) is 0 Å². The van der Waals surface area contributed by atoms with Crippen LogP contribution in [0, 0.1) is 0 Å². The molecule has 0 fully saturated rings. The van der Waals surface area contributed by atoms with Crippen molar-refractivity contribution in [2.45, 2.75) is 6.18 Å². The number of allylic oxidation sites excluding steroid dienone is 1. The number of hydrogen-bond donors (Lipinski definition) is 0. The maximum absolute atomic E-state index is 13.1. The summed E-state index contributed by atoms with van der Waals surface area (Å²) in [6.07, 6.45) is -1.47. The zero-order valence-electron chi connectivity index (χ0n) is 11.2. The third kappa shape index (κ3) is 3.23. The first kappa shape index (κ1) is 15.3. The monoisotopic (exact) mass is 338 g/mol. The van der Waals surface area contributed by atoms with Crippen molar-refractivity contribution in [1.29, 1.82) is 0 Å². The fourth-order valence-electron chi connectivity index (χ4n) is 2.17. The van der Waals surface area contributed by atoms with E-state index in [9.17, 15) is 13.2 Å². The predicted molar refractivity (Wildman–Crippen MR) is 87.4 cm³/mol. The molecule has 0 saturated carbocycles. The Morgan fingerprint density at radius 3 is 2.41 bits per heavy atom. The fraction of sp³-hybridized carbons (Fsp3) is 0.0588. The van der Waals surface area contributed by atoms with E-state index in [1.54, 1.807) is 24.3 Å². The maximum atomic E-state index is 13.1. The molecule has 1 aliphatic rings. The summed E-state index contributed by atoms with van der Waals surface area (Å²) in [5.74, 6) is 0. The van der Waals surface area contributed by atoms with Crippen LogP contribution in [0.3, 0.4) is 0 Å². The molecule has 0 unspecified atom stereocenters. The maximum Gasteiger partial charge on any atom is 0.422 e. The van der Waals surface area contributed by atoms with Gasteiger partial charge in [-0.25, -0.2) is 0 Å². The second-order valence-electron chi connectivity index (χ2n) is 4.76. The van der Waals surface area contributed by atoms with Gasteiger partial charge in [0.05, 0.1) is 4.91 Å². The Morgan fingerprint density at radius 2 is 1.73 bits per heavy atom. The van der Waals surface area contributed by atoms with E-state index in [-0.39, 0.29) is 0 Å². The van der Waals surface area contributed by atoms with Crippen LogP contribution in [0.4, 0.5) is 13.2 Å². The average Bonchev–Trinajstić information content (AvgIpc) is 2.46. The van der Waals surface area contributed by atoms with Crippen molar-refractivity contribution < 1.29 is 13.2 Å². The second-order valence-corrected chi connectivity index (χ2v) is 6.28. The Bertz CT molecular complexity index is 761. The highest BCUT2D eigenvalue weighted by Crippen LogP contribution is 2.49. The summed E-state index contributed by atoms with van der Waals surface area (Å²) in [5.41, 5.74) is 2.10. The molecule has 0 aliphatic carbocycles. The minimum atomic E-state index is -4.37. The van der Waals surface area contributed by atoms with Gasteiger partial charge in [0.2, 0.25) is 0 Å². The van der Waals surface area contributed by atoms with Gasteiger partial charge in [0.1, 0.15) is 0 Å². The lowest BCUT2D eigenvalue weighted by molar-refractivity contribution is -0.0827. The Hall–Kier alpha value is -1.65. The Balaban J connectivity index is 2.13. The van der Waals surface area contributed by atoms with Crippen molar-refractivity contribution >= 4 is 40.4 Å². The summed E-state index contributed by atoms with van der Waals surface area (Å²) >= 11 is 6.65. The van der Waals surface area contributed by atoms with Crippen molar-refractivity contribution in [3.8, 4) is 0 Å². The minimum Gasteiger partial charge on any atom is -0.166 e. The van der Waals surface area contributed by atoms with Gasteiger partial charge in [-0.1, -0.05) is 59.8 Å². The van der Waals surface area contributed by atoms with Crippen LogP contribution < -0.4 is 0 Å². The van der Waals surface area contributed by atoms with Crippen LogP contribution in [0.5, 0.6) is 0 Å². The quantitative estimate of drug-likeness (QED) is 0.572. The van der Waals surface area contributed by atoms with Crippen LogP contribution >= 0.6 is 23.4 Å². The van der Waals surface area contributed by atoms with Crippen LogP contribution in [0.15, 0.2) is 53.4 Å². The van der Waals surface area contributed by atoms with Gasteiger partial charge in [-0.3, -0.25) is 0 Å². The van der Waals surface area contributed by atoms with E-state index in [1.807, 2.05) is 30.3 Å². The van der Waals surface area contributed by atoms with Gasteiger partial charge in [0.25, 0.3) is 0 Å². The Labute approximate surface area is 135 Å². The third-order valence-corrected chi connectivity index (χ3v) is 4.52. The first-order valence-corrected chi connectivity index (χ1v) is 7.66. The molecule has 112 valence electrons. The molecule has 2 aromatic carbocycles. The molecule has 22 heavy (non-hydrogen) atoms. The first-order valence-electron chi connectivity index (χ1n) is 6.47. The molecule has 3 rings (SSSR count). The third-order valence-electron chi connectivity index (χ3n) is 3.16. The van der Waals surface area contributed by atoms with Crippen molar-refractivity contribution in [2.75, 3.05) is 0 Å². The summed E-state index contributed by atoms with van der Waals surface area (Å²) in [5, 5.41) is 0.419. The normalized spacial score (nSPS) is 16.4. The number of benzene rings is 2. The number of fused-ring (bicyclic) bond motifs is 1. The SMILES string of the molecule is FC(F)(F)C1=Cc2cc(Cl)ccc2/C(=C/c2ccccc2)S1. The molecule has 0 spiro atoms. The van der Waals surface area contributed by atoms with E-state index in [0.717, 1.165) is 29.0 Å². The minimum absolute atomic E-state index is 0.419. The van der Waals surface area contributed by atoms with Gasteiger partial charge in [0, 0.05) is 9.93 Å². The molecule has 0 amide bonds. The van der Waals surface area contributed by atoms with E-state index in [4.69, 9.17) is 11.6 Å². The van der Waals surface area contributed by atoms with E-state index >= 15 is 0 Å². The Morgan fingerprint density at radius 1 is 1.00 bits per heavy atom. The van der Waals surface area contributed by atoms with Crippen LogP contribution in [0.25, 0.3) is 17.1 Å². The molecule has 0 radical (unpaired) electrons. The lowest BCUT2D eigenvalue weighted by atomic mass is 10.0. The summed E-state index contributed by atoms with van der Waals surface area (Å²) in [4.78, 5) is -0.0721. The number of thioether (sulfide) groups is 1. The second kappa shape index (κ2) is 5.86. The van der Waals surface area contributed by atoms with Gasteiger partial charge in [-0.05, 0) is 41.0 Å². The number of hydrogen-bond acceptors (Lipinski definition) is 1. The molecule has 0 atom stereocenters.